The quantitative estimate of drug-likeness (QED) is 0.721. The Hall–Kier alpha value is -3.22. The number of primary amides is 1. The summed E-state index contributed by atoms with van der Waals surface area (Å²) in [5.41, 5.74) is 6.53. The molecule has 1 aromatic heterocycles. The summed E-state index contributed by atoms with van der Waals surface area (Å²) in [5.74, 6) is -2.14. The Morgan fingerprint density at radius 3 is 2.17 bits per heavy atom. The van der Waals surface area contributed by atoms with Crippen molar-refractivity contribution in [1.82, 2.24) is 10.3 Å². The largest absolute Gasteiger partial charge is 0.478 e. The summed E-state index contributed by atoms with van der Waals surface area (Å²) in [6.45, 7) is 0. The molecule has 7 heteroatoms. The van der Waals surface area contributed by atoms with Crippen LogP contribution in [0.5, 0.6) is 0 Å². The minimum absolute atomic E-state index is 0.144. The van der Waals surface area contributed by atoms with Crippen LogP contribution in [-0.4, -0.2) is 33.9 Å². The molecule has 23 heavy (non-hydrogen) atoms. The number of nitrogens with one attached hydrogen (secondary N) is 1. The van der Waals surface area contributed by atoms with Crippen LogP contribution in [0.1, 0.15) is 26.3 Å². The summed E-state index contributed by atoms with van der Waals surface area (Å²) in [6, 6.07) is 8.17. The Balaban J connectivity index is 2.08. The number of carbonyl (C=O) groups excluding carboxylic acids is 2. The van der Waals surface area contributed by atoms with Crippen LogP contribution >= 0.6 is 0 Å². The summed E-state index contributed by atoms with van der Waals surface area (Å²) in [4.78, 5) is 38.2. The molecule has 0 aliphatic carbocycles. The molecule has 0 bridgehead atoms. The molecular weight excluding hydrogens is 298 g/mol. The van der Waals surface area contributed by atoms with Crippen molar-refractivity contribution in [2.24, 2.45) is 5.73 Å². The number of carbonyl (C=O) groups is 3. The Morgan fingerprint density at radius 1 is 1.04 bits per heavy atom. The van der Waals surface area contributed by atoms with Crippen molar-refractivity contribution in [2.45, 2.75) is 12.5 Å². The number of aromatic nitrogens is 1. The van der Waals surface area contributed by atoms with Gasteiger partial charge < -0.3 is 16.2 Å². The third-order valence-electron chi connectivity index (χ3n) is 3.23. The number of aromatic carboxylic acids is 1. The lowest BCUT2D eigenvalue weighted by Gasteiger charge is -2.15. The van der Waals surface area contributed by atoms with Crippen LogP contribution in [0.4, 0.5) is 0 Å². The molecule has 4 N–H and O–H groups in total. The van der Waals surface area contributed by atoms with Crippen LogP contribution in [0.15, 0.2) is 48.8 Å². The van der Waals surface area contributed by atoms with Crippen LogP contribution < -0.4 is 11.1 Å². The van der Waals surface area contributed by atoms with Gasteiger partial charge in [-0.25, -0.2) is 4.79 Å². The summed E-state index contributed by atoms with van der Waals surface area (Å²) in [5, 5.41) is 11.4. The molecule has 7 nitrogen and oxygen atoms in total. The first kappa shape index (κ1) is 16.2. The van der Waals surface area contributed by atoms with E-state index in [0.717, 1.165) is 0 Å². The number of amides is 2. The third kappa shape index (κ3) is 4.37. The predicted octanol–water partition coefficient (Wildman–Crippen LogP) is 0.606. The average molecular weight is 313 g/mol. The van der Waals surface area contributed by atoms with Crippen LogP contribution in [0, 0.1) is 0 Å². The molecule has 0 radical (unpaired) electrons. The molecule has 0 unspecified atom stereocenters. The zero-order valence-electron chi connectivity index (χ0n) is 12.1. The fourth-order valence-electron chi connectivity index (χ4n) is 1.99. The van der Waals surface area contributed by atoms with Crippen LogP contribution in [0.2, 0.25) is 0 Å². The number of rotatable bonds is 6. The topological polar surface area (TPSA) is 122 Å². The second kappa shape index (κ2) is 7.17. The van der Waals surface area contributed by atoms with E-state index in [1.54, 1.807) is 12.1 Å². The van der Waals surface area contributed by atoms with Crippen molar-refractivity contribution in [1.29, 1.82) is 0 Å². The van der Waals surface area contributed by atoms with Gasteiger partial charge in [0.15, 0.2) is 0 Å². The first-order chi connectivity index (χ1) is 11.0. The summed E-state index contributed by atoms with van der Waals surface area (Å²) < 4.78 is 0. The van der Waals surface area contributed by atoms with Gasteiger partial charge in [0, 0.05) is 24.4 Å². The molecule has 2 aromatic rings. The lowest BCUT2D eigenvalue weighted by molar-refractivity contribution is -0.119. The van der Waals surface area contributed by atoms with Crippen molar-refractivity contribution in [3.8, 4) is 0 Å². The van der Waals surface area contributed by atoms with Crippen molar-refractivity contribution >= 4 is 17.8 Å². The fraction of sp³-hybridized carbons (Fsp3) is 0.125. The van der Waals surface area contributed by atoms with E-state index in [1.807, 2.05) is 0 Å². The highest BCUT2D eigenvalue weighted by Gasteiger charge is 2.19. The summed E-state index contributed by atoms with van der Waals surface area (Å²) >= 11 is 0. The maximum absolute atomic E-state index is 12.1. The monoisotopic (exact) mass is 313 g/mol. The first-order valence-electron chi connectivity index (χ1n) is 6.80. The smallest absolute Gasteiger partial charge is 0.335 e. The number of carboxylic acid groups (broad SMARTS) is 1. The highest BCUT2D eigenvalue weighted by atomic mass is 16.4. The maximum atomic E-state index is 12.1. The Labute approximate surface area is 132 Å². The minimum atomic E-state index is -1.03. The highest BCUT2D eigenvalue weighted by molar-refractivity contribution is 5.97. The Morgan fingerprint density at radius 2 is 1.65 bits per heavy atom. The first-order valence-corrected chi connectivity index (χ1v) is 6.80. The SMILES string of the molecule is NC(=O)[C@@H](Cc1ccc(C(=O)O)cc1)NC(=O)c1ccncc1. The number of benzene rings is 1. The van der Waals surface area contributed by atoms with E-state index in [0.29, 0.717) is 11.1 Å². The van der Waals surface area contributed by atoms with E-state index in [-0.39, 0.29) is 12.0 Å². The third-order valence-corrected chi connectivity index (χ3v) is 3.23. The summed E-state index contributed by atoms with van der Waals surface area (Å²) in [6.07, 6.45) is 3.11. The van der Waals surface area contributed by atoms with E-state index >= 15 is 0 Å². The van der Waals surface area contributed by atoms with Gasteiger partial charge in [-0.15, -0.1) is 0 Å². The van der Waals surface area contributed by atoms with Crippen molar-refractivity contribution in [2.75, 3.05) is 0 Å². The molecule has 0 fully saturated rings. The Kier molecular flexibility index (Phi) is 5.03. The normalized spacial score (nSPS) is 11.5. The fourth-order valence-corrected chi connectivity index (χ4v) is 1.99. The van der Waals surface area contributed by atoms with Gasteiger partial charge in [-0.1, -0.05) is 12.1 Å². The van der Waals surface area contributed by atoms with E-state index in [9.17, 15) is 14.4 Å². The molecule has 118 valence electrons. The molecule has 1 heterocycles. The van der Waals surface area contributed by atoms with Crippen LogP contribution in [-0.2, 0) is 11.2 Å². The summed E-state index contributed by atoms with van der Waals surface area (Å²) in [7, 11) is 0. The zero-order chi connectivity index (χ0) is 16.8. The van der Waals surface area contributed by atoms with Gasteiger partial charge in [0.1, 0.15) is 6.04 Å². The highest BCUT2D eigenvalue weighted by Crippen LogP contribution is 2.08. The van der Waals surface area contributed by atoms with E-state index in [2.05, 4.69) is 10.3 Å². The van der Waals surface area contributed by atoms with E-state index < -0.39 is 23.8 Å². The maximum Gasteiger partial charge on any atom is 0.335 e. The molecule has 1 aromatic carbocycles. The van der Waals surface area contributed by atoms with Gasteiger partial charge >= 0.3 is 5.97 Å². The van der Waals surface area contributed by atoms with Crippen LogP contribution in [0.25, 0.3) is 0 Å². The lowest BCUT2D eigenvalue weighted by Crippen LogP contribution is -2.45. The second-order valence-corrected chi connectivity index (χ2v) is 4.87. The van der Waals surface area contributed by atoms with Gasteiger partial charge in [-0.05, 0) is 29.8 Å². The molecule has 0 aliphatic heterocycles. The molecule has 0 spiro atoms. The van der Waals surface area contributed by atoms with Gasteiger partial charge in [0.25, 0.3) is 5.91 Å². The molecule has 2 amide bonds. The van der Waals surface area contributed by atoms with Gasteiger partial charge in [0.2, 0.25) is 5.91 Å². The molecule has 0 aliphatic rings. The van der Waals surface area contributed by atoms with Crippen molar-refractivity contribution in [3.63, 3.8) is 0 Å². The number of carboxylic acids is 1. The molecule has 0 saturated heterocycles. The molecule has 0 saturated carbocycles. The number of nitrogens with two attached hydrogens (primary N) is 1. The van der Waals surface area contributed by atoms with Gasteiger partial charge in [-0.3, -0.25) is 14.6 Å². The second-order valence-electron chi connectivity index (χ2n) is 4.87. The Bertz CT molecular complexity index is 714. The number of pyridine rings is 1. The average Bonchev–Trinajstić information content (AvgIpc) is 2.55. The van der Waals surface area contributed by atoms with Crippen molar-refractivity contribution < 1.29 is 19.5 Å². The number of hydrogen-bond acceptors (Lipinski definition) is 4. The number of nitrogens with zero attached hydrogens (tertiary/aromatic N) is 1. The van der Waals surface area contributed by atoms with E-state index in [1.165, 1.54) is 36.7 Å². The van der Waals surface area contributed by atoms with Crippen molar-refractivity contribution in [3.05, 3.63) is 65.5 Å². The predicted molar refractivity (Wildman–Crippen MR) is 81.8 cm³/mol. The number of hydrogen-bond donors (Lipinski definition) is 3. The van der Waals surface area contributed by atoms with Crippen LogP contribution in [0.3, 0.4) is 0 Å². The lowest BCUT2D eigenvalue weighted by atomic mass is 10.0. The molecular formula is C16H15N3O4. The minimum Gasteiger partial charge on any atom is -0.478 e. The van der Waals surface area contributed by atoms with E-state index in [4.69, 9.17) is 10.8 Å². The van der Waals surface area contributed by atoms with Gasteiger partial charge in [0.05, 0.1) is 5.56 Å². The standard InChI is InChI=1S/C16H15N3O4/c17-14(20)13(19-15(21)11-5-7-18-8-6-11)9-10-1-3-12(4-2-10)16(22)23/h1-8,13H,9H2,(H2,17,20)(H,19,21)(H,22,23)/t13-/m1/s1. The zero-order valence-corrected chi connectivity index (χ0v) is 12.1. The van der Waals surface area contributed by atoms with Gasteiger partial charge in [-0.2, -0.15) is 0 Å². The molecule has 1 atom stereocenters. The molecule has 2 rings (SSSR count).